The van der Waals surface area contributed by atoms with Gasteiger partial charge in [-0.25, -0.2) is 8.42 Å². The minimum absolute atomic E-state index is 0.176. The maximum atomic E-state index is 12.6. The van der Waals surface area contributed by atoms with Crippen molar-refractivity contribution in [3.63, 3.8) is 0 Å². The monoisotopic (exact) mass is 390 g/mol. The molecular formula is C18H18N2O6S. The van der Waals surface area contributed by atoms with Gasteiger partial charge in [0.15, 0.2) is 11.5 Å². The van der Waals surface area contributed by atoms with Gasteiger partial charge in [0.2, 0.25) is 0 Å². The Kier molecular flexibility index (Phi) is 3.99. The van der Waals surface area contributed by atoms with Crippen LogP contribution in [0.5, 0.6) is 11.5 Å². The molecule has 1 saturated carbocycles. The topological polar surface area (TPSA) is 108 Å². The summed E-state index contributed by atoms with van der Waals surface area (Å²) in [6.45, 7) is 1.55. The normalized spacial score (nSPS) is 17.2. The molecule has 0 unspecified atom stereocenters. The van der Waals surface area contributed by atoms with E-state index in [0.29, 0.717) is 22.7 Å². The molecule has 0 saturated heterocycles. The molecule has 8 nitrogen and oxygen atoms in total. The number of benzene rings is 2. The number of hydrogen-bond donors (Lipinski definition) is 1. The van der Waals surface area contributed by atoms with E-state index in [1.54, 1.807) is 25.1 Å². The molecule has 0 amide bonds. The number of hydrogen-bond acceptors (Lipinski definition) is 6. The third-order valence-electron chi connectivity index (χ3n) is 4.84. The second-order valence-electron chi connectivity index (χ2n) is 6.79. The van der Waals surface area contributed by atoms with Crippen molar-refractivity contribution in [2.24, 2.45) is 0 Å². The summed E-state index contributed by atoms with van der Waals surface area (Å²) in [7, 11) is -3.98. The first-order valence-corrected chi connectivity index (χ1v) is 10.1. The molecule has 2 aromatic carbocycles. The Balaban J connectivity index is 1.60. The molecule has 1 spiro atoms. The minimum atomic E-state index is -3.98. The van der Waals surface area contributed by atoms with E-state index < -0.39 is 20.7 Å². The molecule has 0 bridgehead atoms. The van der Waals surface area contributed by atoms with Crippen LogP contribution in [-0.4, -0.2) is 19.1 Å². The number of aryl methyl sites for hydroxylation is 1. The third kappa shape index (κ3) is 3.18. The fraction of sp³-hybridized carbons (Fsp3) is 0.333. The van der Waals surface area contributed by atoms with Crippen LogP contribution in [0.3, 0.4) is 0 Å². The van der Waals surface area contributed by atoms with Crippen LogP contribution in [-0.2, 0) is 10.0 Å². The fourth-order valence-electron chi connectivity index (χ4n) is 3.44. The summed E-state index contributed by atoms with van der Waals surface area (Å²) in [5.41, 5.74) is 0.450. The van der Waals surface area contributed by atoms with Gasteiger partial charge in [0.1, 0.15) is 0 Å². The molecule has 1 aliphatic carbocycles. The Morgan fingerprint density at radius 3 is 2.48 bits per heavy atom. The lowest BCUT2D eigenvalue weighted by Gasteiger charge is -2.21. The van der Waals surface area contributed by atoms with Crippen molar-refractivity contribution < 1.29 is 22.8 Å². The van der Waals surface area contributed by atoms with Crippen molar-refractivity contribution in [3.05, 3.63) is 52.1 Å². The summed E-state index contributed by atoms with van der Waals surface area (Å²) in [5.74, 6) is 0.454. The maximum Gasteiger partial charge on any atom is 0.273 e. The Morgan fingerprint density at radius 1 is 1.07 bits per heavy atom. The second kappa shape index (κ2) is 6.12. The average molecular weight is 390 g/mol. The molecule has 27 heavy (non-hydrogen) atoms. The van der Waals surface area contributed by atoms with Crippen LogP contribution in [0, 0.1) is 17.0 Å². The first-order valence-electron chi connectivity index (χ1n) is 8.58. The van der Waals surface area contributed by atoms with Gasteiger partial charge in [-0.15, -0.1) is 0 Å². The second-order valence-corrected chi connectivity index (χ2v) is 8.48. The maximum absolute atomic E-state index is 12.6. The van der Waals surface area contributed by atoms with Gasteiger partial charge < -0.3 is 9.47 Å². The number of fused-ring (bicyclic) bond motifs is 1. The van der Waals surface area contributed by atoms with Crippen LogP contribution in [0.15, 0.2) is 41.3 Å². The number of nitrogens with zero attached hydrogens (tertiary/aromatic N) is 1. The number of nitro groups is 1. The molecule has 2 aromatic rings. The predicted octanol–water partition coefficient (Wildman–Crippen LogP) is 3.75. The van der Waals surface area contributed by atoms with E-state index in [0.717, 1.165) is 31.7 Å². The zero-order chi connectivity index (χ0) is 19.2. The minimum Gasteiger partial charge on any atom is -0.448 e. The summed E-state index contributed by atoms with van der Waals surface area (Å²) in [6, 6.07) is 8.62. The Morgan fingerprint density at radius 2 is 1.78 bits per heavy atom. The smallest absolute Gasteiger partial charge is 0.273 e. The van der Waals surface area contributed by atoms with Crippen molar-refractivity contribution in [1.82, 2.24) is 0 Å². The Labute approximate surface area is 156 Å². The number of nitro benzene ring substituents is 1. The summed E-state index contributed by atoms with van der Waals surface area (Å²) < 4.78 is 39.5. The molecule has 142 valence electrons. The lowest BCUT2D eigenvalue weighted by molar-refractivity contribution is -0.385. The first kappa shape index (κ1) is 17.6. The lowest BCUT2D eigenvalue weighted by atomic mass is 10.2. The molecule has 1 aliphatic heterocycles. The van der Waals surface area contributed by atoms with E-state index in [9.17, 15) is 18.5 Å². The van der Waals surface area contributed by atoms with Crippen LogP contribution in [0.4, 0.5) is 11.4 Å². The van der Waals surface area contributed by atoms with Gasteiger partial charge >= 0.3 is 0 Å². The number of anilines is 1. The molecule has 0 radical (unpaired) electrons. The highest BCUT2D eigenvalue weighted by Gasteiger charge is 2.44. The molecule has 2 aliphatic rings. The molecule has 0 aromatic heterocycles. The van der Waals surface area contributed by atoms with Crippen molar-refractivity contribution in [2.75, 3.05) is 4.72 Å². The zero-order valence-corrected chi connectivity index (χ0v) is 15.4. The van der Waals surface area contributed by atoms with Gasteiger partial charge in [0.25, 0.3) is 21.5 Å². The van der Waals surface area contributed by atoms with Gasteiger partial charge in [-0.3, -0.25) is 14.8 Å². The predicted molar refractivity (Wildman–Crippen MR) is 97.5 cm³/mol. The summed E-state index contributed by atoms with van der Waals surface area (Å²) in [4.78, 5) is 10.3. The number of nitrogens with one attached hydrogen (secondary N) is 1. The standard InChI is InChI=1S/C18H18N2O6S/c1-12-4-6-14(11-15(12)20(21)22)27(23,24)19-13-5-7-16-17(10-13)26-18(25-16)8-2-3-9-18/h4-7,10-11,19H,2-3,8-9H2,1H3. The van der Waals surface area contributed by atoms with Crippen molar-refractivity contribution in [3.8, 4) is 11.5 Å². The van der Waals surface area contributed by atoms with E-state index in [1.807, 2.05) is 0 Å². The molecule has 1 fully saturated rings. The SMILES string of the molecule is Cc1ccc(S(=O)(=O)Nc2ccc3c(c2)OC2(CCCC2)O3)cc1[N+](=O)[O-]. The third-order valence-corrected chi connectivity index (χ3v) is 6.22. The summed E-state index contributed by atoms with van der Waals surface area (Å²) >= 11 is 0. The molecule has 1 N–H and O–H groups in total. The number of ether oxygens (including phenoxy) is 2. The van der Waals surface area contributed by atoms with Crippen LogP contribution < -0.4 is 14.2 Å². The van der Waals surface area contributed by atoms with Gasteiger partial charge in [-0.05, 0) is 38.0 Å². The summed E-state index contributed by atoms with van der Waals surface area (Å²) in [5, 5.41) is 11.1. The highest BCUT2D eigenvalue weighted by Crippen LogP contribution is 2.47. The van der Waals surface area contributed by atoms with E-state index in [2.05, 4.69) is 4.72 Å². The highest BCUT2D eigenvalue weighted by molar-refractivity contribution is 7.92. The Hall–Kier alpha value is -2.81. The molecular weight excluding hydrogens is 372 g/mol. The van der Waals surface area contributed by atoms with Crippen molar-refractivity contribution in [1.29, 1.82) is 0 Å². The lowest BCUT2D eigenvalue weighted by Crippen LogP contribution is -2.34. The average Bonchev–Trinajstić information content (AvgIpc) is 3.20. The van der Waals surface area contributed by atoms with Crippen LogP contribution >= 0.6 is 0 Å². The van der Waals surface area contributed by atoms with E-state index in [4.69, 9.17) is 9.47 Å². The van der Waals surface area contributed by atoms with Crippen molar-refractivity contribution >= 4 is 21.4 Å². The van der Waals surface area contributed by atoms with Gasteiger partial charge in [0.05, 0.1) is 15.5 Å². The van der Waals surface area contributed by atoms with Gasteiger partial charge in [-0.1, -0.05) is 6.07 Å². The van der Waals surface area contributed by atoms with E-state index >= 15 is 0 Å². The zero-order valence-electron chi connectivity index (χ0n) is 14.6. The van der Waals surface area contributed by atoms with E-state index in [1.165, 1.54) is 12.1 Å². The van der Waals surface area contributed by atoms with Crippen LogP contribution in [0.2, 0.25) is 0 Å². The molecule has 4 rings (SSSR count). The van der Waals surface area contributed by atoms with Gasteiger partial charge in [0, 0.05) is 30.5 Å². The highest BCUT2D eigenvalue weighted by atomic mass is 32.2. The largest absolute Gasteiger partial charge is 0.448 e. The van der Waals surface area contributed by atoms with Gasteiger partial charge in [-0.2, -0.15) is 0 Å². The van der Waals surface area contributed by atoms with Crippen molar-refractivity contribution in [2.45, 2.75) is 43.3 Å². The molecule has 1 heterocycles. The quantitative estimate of drug-likeness (QED) is 0.629. The number of sulfonamides is 1. The fourth-order valence-corrected chi connectivity index (χ4v) is 4.51. The van der Waals surface area contributed by atoms with E-state index in [-0.39, 0.29) is 10.6 Å². The molecule has 9 heteroatoms. The first-order chi connectivity index (χ1) is 12.8. The van der Waals surface area contributed by atoms with Crippen LogP contribution in [0.25, 0.3) is 0 Å². The summed E-state index contributed by atoms with van der Waals surface area (Å²) in [6.07, 6.45) is 3.66. The number of rotatable bonds is 4. The van der Waals surface area contributed by atoms with Crippen LogP contribution in [0.1, 0.15) is 31.2 Å². The molecule has 0 atom stereocenters. The Bertz CT molecular complexity index is 1030.